The van der Waals surface area contributed by atoms with Crippen molar-refractivity contribution in [3.63, 3.8) is 0 Å². The van der Waals surface area contributed by atoms with Crippen LogP contribution in [0.15, 0.2) is 10.5 Å². The van der Waals surface area contributed by atoms with Crippen molar-refractivity contribution in [1.29, 1.82) is 0 Å². The van der Waals surface area contributed by atoms with Gasteiger partial charge in [-0.05, 0) is 23.3 Å². The molecule has 0 amide bonds. The Balaban J connectivity index is 2.10. The Morgan fingerprint density at radius 2 is 2.46 bits per heavy atom. The molecular formula is C10H17NOS. The first-order valence-electron chi connectivity index (χ1n) is 5.05. The van der Waals surface area contributed by atoms with Gasteiger partial charge in [0.25, 0.3) is 0 Å². The third-order valence-corrected chi connectivity index (χ3v) is 4.41. The van der Waals surface area contributed by atoms with Gasteiger partial charge in [0.1, 0.15) is 0 Å². The van der Waals surface area contributed by atoms with Gasteiger partial charge in [0.05, 0.1) is 12.7 Å². The Labute approximate surface area is 83.9 Å². The molecule has 0 bridgehead atoms. The van der Waals surface area contributed by atoms with Gasteiger partial charge in [-0.1, -0.05) is 6.92 Å². The molecule has 3 heteroatoms. The number of thioether (sulfide) groups is 1. The van der Waals surface area contributed by atoms with Gasteiger partial charge in [0, 0.05) is 18.2 Å². The standard InChI is InChI=1S/C10H17NOS/c1-2-7-5-8-9(6-11)12-4-3-10(8)13-7/h7,9H,2-6,11H2,1H3. The molecule has 0 saturated carbocycles. The molecule has 0 aromatic heterocycles. The molecule has 2 aliphatic heterocycles. The molecule has 2 nitrogen and oxygen atoms in total. The summed E-state index contributed by atoms with van der Waals surface area (Å²) in [6.45, 7) is 3.77. The van der Waals surface area contributed by atoms with E-state index in [9.17, 15) is 0 Å². The average Bonchev–Trinajstić information content (AvgIpc) is 2.59. The van der Waals surface area contributed by atoms with Gasteiger partial charge in [-0.3, -0.25) is 0 Å². The molecule has 74 valence electrons. The van der Waals surface area contributed by atoms with Crippen LogP contribution in [0.3, 0.4) is 0 Å². The highest BCUT2D eigenvalue weighted by molar-refractivity contribution is 8.03. The molecule has 0 saturated heterocycles. The predicted molar refractivity (Wildman–Crippen MR) is 56.7 cm³/mol. The minimum Gasteiger partial charge on any atom is -0.372 e. The summed E-state index contributed by atoms with van der Waals surface area (Å²) in [5, 5.41) is 0.792. The van der Waals surface area contributed by atoms with Crippen LogP contribution in [0.25, 0.3) is 0 Å². The molecule has 0 fully saturated rings. The molecule has 2 rings (SSSR count). The molecule has 2 N–H and O–H groups in total. The van der Waals surface area contributed by atoms with E-state index in [0.29, 0.717) is 6.54 Å². The number of rotatable bonds is 2. The second-order valence-electron chi connectivity index (χ2n) is 3.65. The summed E-state index contributed by atoms with van der Waals surface area (Å²) in [4.78, 5) is 1.58. The van der Waals surface area contributed by atoms with Crippen molar-refractivity contribution in [3.05, 3.63) is 10.5 Å². The quantitative estimate of drug-likeness (QED) is 0.738. The highest BCUT2D eigenvalue weighted by Gasteiger charge is 2.31. The molecule has 2 heterocycles. The highest BCUT2D eigenvalue weighted by atomic mass is 32.2. The lowest BCUT2D eigenvalue weighted by molar-refractivity contribution is 0.0738. The minimum absolute atomic E-state index is 0.229. The monoisotopic (exact) mass is 199 g/mol. The van der Waals surface area contributed by atoms with Crippen LogP contribution in [-0.4, -0.2) is 24.5 Å². The molecule has 0 aromatic carbocycles. The SMILES string of the molecule is CCC1CC2=C(CCOC2CN)S1. The van der Waals surface area contributed by atoms with Crippen molar-refractivity contribution >= 4 is 11.8 Å². The zero-order valence-electron chi connectivity index (χ0n) is 8.08. The summed E-state index contributed by atoms with van der Waals surface area (Å²) in [5.74, 6) is 0. The summed E-state index contributed by atoms with van der Waals surface area (Å²) in [5.41, 5.74) is 7.18. The Morgan fingerprint density at radius 3 is 3.15 bits per heavy atom. The van der Waals surface area contributed by atoms with E-state index in [2.05, 4.69) is 18.7 Å². The molecule has 0 radical (unpaired) electrons. The van der Waals surface area contributed by atoms with Crippen LogP contribution >= 0.6 is 11.8 Å². The van der Waals surface area contributed by atoms with Crippen molar-refractivity contribution < 1.29 is 4.74 Å². The summed E-state index contributed by atoms with van der Waals surface area (Å²) >= 11 is 2.06. The molecule has 0 aromatic rings. The van der Waals surface area contributed by atoms with Gasteiger partial charge < -0.3 is 10.5 Å². The first-order chi connectivity index (χ1) is 6.35. The topological polar surface area (TPSA) is 35.2 Å². The number of hydrogen-bond donors (Lipinski definition) is 1. The predicted octanol–water partition coefficient (Wildman–Crippen LogP) is 1.90. The first kappa shape index (κ1) is 9.56. The fraction of sp³-hybridized carbons (Fsp3) is 0.800. The van der Waals surface area contributed by atoms with Crippen molar-refractivity contribution in [2.45, 2.75) is 37.5 Å². The van der Waals surface area contributed by atoms with E-state index in [1.165, 1.54) is 18.4 Å². The Hall–Kier alpha value is 0.0100. The maximum absolute atomic E-state index is 5.68. The minimum atomic E-state index is 0.229. The number of nitrogens with two attached hydrogens (primary N) is 1. The lowest BCUT2D eigenvalue weighted by Crippen LogP contribution is -2.29. The van der Waals surface area contributed by atoms with Crippen LogP contribution in [0.2, 0.25) is 0 Å². The normalized spacial score (nSPS) is 33.7. The van der Waals surface area contributed by atoms with Crippen LogP contribution in [0.1, 0.15) is 26.2 Å². The van der Waals surface area contributed by atoms with Gasteiger partial charge in [0.15, 0.2) is 0 Å². The third-order valence-electron chi connectivity index (χ3n) is 2.82. The largest absolute Gasteiger partial charge is 0.372 e. The van der Waals surface area contributed by atoms with E-state index in [1.807, 2.05) is 0 Å². The summed E-state index contributed by atoms with van der Waals surface area (Å²) in [7, 11) is 0. The molecule has 0 spiro atoms. The van der Waals surface area contributed by atoms with E-state index >= 15 is 0 Å². The van der Waals surface area contributed by atoms with Crippen molar-refractivity contribution in [1.82, 2.24) is 0 Å². The molecule has 2 aliphatic rings. The van der Waals surface area contributed by atoms with Crippen molar-refractivity contribution in [2.75, 3.05) is 13.2 Å². The Kier molecular flexibility index (Phi) is 2.96. The van der Waals surface area contributed by atoms with Crippen LogP contribution in [-0.2, 0) is 4.74 Å². The summed E-state index contributed by atoms with van der Waals surface area (Å²) in [6, 6.07) is 0. The fourth-order valence-electron chi connectivity index (χ4n) is 2.04. The maximum atomic E-state index is 5.68. The van der Waals surface area contributed by atoms with Crippen LogP contribution in [0.5, 0.6) is 0 Å². The van der Waals surface area contributed by atoms with Crippen molar-refractivity contribution in [2.24, 2.45) is 5.73 Å². The second-order valence-corrected chi connectivity index (χ2v) is 5.04. The molecular weight excluding hydrogens is 182 g/mol. The summed E-state index contributed by atoms with van der Waals surface area (Å²) in [6.07, 6.45) is 3.81. The maximum Gasteiger partial charge on any atom is 0.0918 e. The molecule has 13 heavy (non-hydrogen) atoms. The van der Waals surface area contributed by atoms with E-state index in [-0.39, 0.29) is 6.10 Å². The summed E-state index contributed by atoms with van der Waals surface area (Å²) < 4.78 is 5.64. The van der Waals surface area contributed by atoms with Crippen LogP contribution in [0, 0.1) is 0 Å². The van der Waals surface area contributed by atoms with Gasteiger partial charge in [0.2, 0.25) is 0 Å². The van der Waals surface area contributed by atoms with Crippen molar-refractivity contribution in [3.8, 4) is 0 Å². The molecule has 0 aliphatic carbocycles. The van der Waals surface area contributed by atoms with Gasteiger partial charge in [-0.15, -0.1) is 11.8 Å². The van der Waals surface area contributed by atoms with Crippen LogP contribution < -0.4 is 5.73 Å². The van der Waals surface area contributed by atoms with E-state index < -0.39 is 0 Å². The zero-order valence-corrected chi connectivity index (χ0v) is 8.90. The smallest absolute Gasteiger partial charge is 0.0918 e. The lowest BCUT2D eigenvalue weighted by Gasteiger charge is -2.23. The second kappa shape index (κ2) is 4.03. The third kappa shape index (κ3) is 1.78. The highest BCUT2D eigenvalue weighted by Crippen LogP contribution is 2.44. The molecule has 2 atom stereocenters. The van der Waals surface area contributed by atoms with Gasteiger partial charge in [-0.25, -0.2) is 0 Å². The average molecular weight is 199 g/mol. The Morgan fingerprint density at radius 1 is 1.62 bits per heavy atom. The first-order valence-corrected chi connectivity index (χ1v) is 5.93. The zero-order chi connectivity index (χ0) is 9.26. The number of hydrogen-bond acceptors (Lipinski definition) is 3. The van der Waals surface area contributed by atoms with Crippen LogP contribution in [0.4, 0.5) is 0 Å². The fourth-order valence-corrected chi connectivity index (χ4v) is 3.44. The van der Waals surface area contributed by atoms with E-state index in [4.69, 9.17) is 10.5 Å². The van der Waals surface area contributed by atoms with Gasteiger partial charge >= 0.3 is 0 Å². The van der Waals surface area contributed by atoms with Gasteiger partial charge in [-0.2, -0.15) is 0 Å². The lowest BCUT2D eigenvalue weighted by atomic mass is 10.0. The Bertz CT molecular complexity index is 227. The van der Waals surface area contributed by atoms with E-state index in [0.717, 1.165) is 18.3 Å². The van der Waals surface area contributed by atoms with E-state index in [1.54, 1.807) is 4.91 Å². The number of ether oxygens (including phenoxy) is 1. The molecule has 2 unspecified atom stereocenters.